The van der Waals surface area contributed by atoms with E-state index in [0.717, 1.165) is 17.5 Å². The molecule has 0 unspecified atom stereocenters. The summed E-state index contributed by atoms with van der Waals surface area (Å²) in [4.78, 5) is 37.4. The molecule has 2 aromatic carbocycles. The molecule has 6 heteroatoms. The minimum atomic E-state index is -0.266. The Hall–Kier alpha value is -3.80. The predicted molar refractivity (Wildman–Crippen MR) is 121 cm³/mol. The molecular weight excluding hydrogens is 388 g/mol. The van der Waals surface area contributed by atoms with E-state index in [4.69, 9.17) is 0 Å². The fraction of sp³-hybridized carbons (Fsp3) is 0.200. The molecule has 5 rings (SSSR count). The van der Waals surface area contributed by atoms with Crippen molar-refractivity contribution in [3.8, 4) is 0 Å². The smallest absolute Gasteiger partial charge is 0.262 e. The van der Waals surface area contributed by atoms with E-state index in [0.29, 0.717) is 41.9 Å². The van der Waals surface area contributed by atoms with Crippen molar-refractivity contribution in [3.63, 3.8) is 0 Å². The Morgan fingerprint density at radius 1 is 0.968 bits per heavy atom. The highest BCUT2D eigenvalue weighted by atomic mass is 16.1. The van der Waals surface area contributed by atoms with Crippen molar-refractivity contribution in [1.29, 1.82) is 0 Å². The van der Waals surface area contributed by atoms with Gasteiger partial charge >= 0.3 is 0 Å². The third-order valence-electron chi connectivity index (χ3n) is 5.85. The van der Waals surface area contributed by atoms with Gasteiger partial charge in [0.15, 0.2) is 11.4 Å². The number of rotatable bonds is 5. The summed E-state index contributed by atoms with van der Waals surface area (Å²) in [5, 5.41) is 3.59. The van der Waals surface area contributed by atoms with Gasteiger partial charge in [-0.3, -0.25) is 14.6 Å². The molecular formula is C25H22N4O2. The number of nitrogens with zero attached hydrogens (tertiary/aromatic N) is 2. The van der Waals surface area contributed by atoms with E-state index in [1.165, 1.54) is 5.56 Å². The average Bonchev–Trinajstić information content (AvgIpc) is 2.80. The van der Waals surface area contributed by atoms with E-state index >= 15 is 0 Å². The Balaban J connectivity index is 1.45. The summed E-state index contributed by atoms with van der Waals surface area (Å²) in [6, 6.07) is 20.1. The number of aromatic nitrogens is 3. The standard InChI is InChI=1S/C25H22N4O2/c30-21-14-18(17-9-5-2-6-10-17)13-19-20(21)15-27-23-22(19)24(31)29-25(28-23)26-12-11-16-7-3-1-4-8-16/h1-10,15,18H,11-14H2,(H2,26,27,28,29,31)/t18-/m1/s1. The quantitative estimate of drug-likeness (QED) is 0.521. The maximum Gasteiger partial charge on any atom is 0.262 e. The molecule has 0 bridgehead atoms. The van der Waals surface area contributed by atoms with Gasteiger partial charge in [-0.25, -0.2) is 4.98 Å². The highest BCUT2D eigenvalue weighted by Gasteiger charge is 2.29. The Kier molecular flexibility index (Phi) is 5.04. The minimum Gasteiger partial charge on any atom is -0.355 e. The predicted octanol–water partition coefficient (Wildman–Crippen LogP) is 3.89. The summed E-state index contributed by atoms with van der Waals surface area (Å²) in [7, 11) is 0. The molecule has 0 radical (unpaired) electrons. The van der Waals surface area contributed by atoms with Gasteiger partial charge in [0.2, 0.25) is 5.95 Å². The molecule has 31 heavy (non-hydrogen) atoms. The van der Waals surface area contributed by atoms with Crippen molar-refractivity contribution in [2.45, 2.75) is 25.2 Å². The van der Waals surface area contributed by atoms with Crippen LogP contribution in [0.15, 0.2) is 71.7 Å². The Bertz CT molecular complexity index is 1300. The number of benzene rings is 2. The molecule has 1 aliphatic rings. The van der Waals surface area contributed by atoms with E-state index < -0.39 is 0 Å². The molecule has 154 valence electrons. The van der Waals surface area contributed by atoms with E-state index in [1.807, 2.05) is 48.5 Å². The molecule has 2 heterocycles. The van der Waals surface area contributed by atoms with Crippen LogP contribution in [0.1, 0.15) is 39.4 Å². The fourth-order valence-corrected chi connectivity index (χ4v) is 4.28. The second kappa shape index (κ2) is 8.14. The normalized spacial score (nSPS) is 15.6. The van der Waals surface area contributed by atoms with Crippen LogP contribution in [-0.2, 0) is 12.8 Å². The van der Waals surface area contributed by atoms with Crippen LogP contribution >= 0.6 is 0 Å². The first-order chi connectivity index (χ1) is 15.2. The van der Waals surface area contributed by atoms with Crippen LogP contribution in [0.5, 0.6) is 0 Å². The van der Waals surface area contributed by atoms with Gasteiger partial charge in [0, 0.05) is 24.7 Å². The zero-order chi connectivity index (χ0) is 21.2. The Morgan fingerprint density at radius 3 is 2.48 bits per heavy atom. The number of carbonyl (C=O) groups excluding carboxylic acids is 1. The number of nitrogens with one attached hydrogen (secondary N) is 2. The number of hydrogen-bond acceptors (Lipinski definition) is 5. The lowest BCUT2D eigenvalue weighted by atomic mass is 9.79. The van der Waals surface area contributed by atoms with Gasteiger partial charge < -0.3 is 5.32 Å². The summed E-state index contributed by atoms with van der Waals surface area (Å²) < 4.78 is 0. The van der Waals surface area contributed by atoms with Crippen molar-refractivity contribution in [3.05, 3.63) is 99.5 Å². The van der Waals surface area contributed by atoms with Crippen LogP contribution in [0.2, 0.25) is 0 Å². The number of carbonyl (C=O) groups is 1. The zero-order valence-electron chi connectivity index (χ0n) is 17.0. The molecule has 0 saturated carbocycles. The summed E-state index contributed by atoms with van der Waals surface area (Å²) in [5.41, 5.74) is 3.70. The molecule has 0 fully saturated rings. The molecule has 4 aromatic rings. The van der Waals surface area contributed by atoms with Crippen LogP contribution in [0, 0.1) is 0 Å². The SMILES string of the molecule is O=C1C[C@H](c2ccccc2)Cc2c1cnc1nc(NCCc3ccccc3)[nH]c(=O)c21. The van der Waals surface area contributed by atoms with Crippen LogP contribution in [0.4, 0.5) is 5.95 Å². The molecule has 6 nitrogen and oxygen atoms in total. The Morgan fingerprint density at radius 2 is 1.71 bits per heavy atom. The van der Waals surface area contributed by atoms with Crippen molar-refractivity contribution < 1.29 is 4.79 Å². The summed E-state index contributed by atoms with van der Waals surface area (Å²) >= 11 is 0. The summed E-state index contributed by atoms with van der Waals surface area (Å²) in [6.07, 6.45) is 3.43. The maximum absolute atomic E-state index is 13.0. The molecule has 0 spiro atoms. The number of H-pyrrole nitrogens is 1. The maximum atomic E-state index is 13.0. The van der Waals surface area contributed by atoms with Crippen molar-refractivity contribution in [1.82, 2.24) is 15.0 Å². The first-order valence-electron chi connectivity index (χ1n) is 10.5. The third-order valence-corrected chi connectivity index (χ3v) is 5.85. The fourth-order valence-electron chi connectivity index (χ4n) is 4.28. The van der Waals surface area contributed by atoms with Gasteiger partial charge in [-0.05, 0) is 35.4 Å². The van der Waals surface area contributed by atoms with E-state index in [2.05, 4.69) is 32.4 Å². The van der Waals surface area contributed by atoms with E-state index in [1.54, 1.807) is 6.20 Å². The van der Waals surface area contributed by atoms with Crippen LogP contribution in [-0.4, -0.2) is 27.3 Å². The first-order valence-corrected chi connectivity index (χ1v) is 10.5. The van der Waals surface area contributed by atoms with Gasteiger partial charge in [-0.15, -0.1) is 0 Å². The monoisotopic (exact) mass is 410 g/mol. The highest BCUT2D eigenvalue weighted by Crippen LogP contribution is 2.34. The number of pyridine rings is 1. The molecule has 0 aliphatic heterocycles. The number of fused-ring (bicyclic) bond motifs is 3. The first kappa shape index (κ1) is 19.2. The van der Waals surface area contributed by atoms with Gasteiger partial charge in [0.25, 0.3) is 5.56 Å². The van der Waals surface area contributed by atoms with Crippen LogP contribution < -0.4 is 10.9 Å². The number of hydrogen-bond donors (Lipinski definition) is 2. The number of aromatic amines is 1. The number of ketones is 1. The highest BCUT2D eigenvalue weighted by molar-refractivity contribution is 6.02. The molecule has 1 aliphatic carbocycles. The van der Waals surface area contributed by atoms with E-state index in [-0.39, 0.29) is 17.3 Å². The van der Waals surface area contributed by atoms with Gasteiger partial charge in [-0.2, -0.15) is 4.98 Å². The van der Waals surface area contributed by atoms with Crippen molar-refractivity contribution in [2.24, 2.45) is 0 Å². The second-order valence-corrected chi connectivity index (χ2v) is 7.86. The van der Waals surface area contributed by atoms with Gasteiger partial charge in [0.1, 0.15) is 0 Å². The van der Waals surface area contributed by atoms with Gasteiger partial charge in [-0.1, -0.05) is 60.7 Å². The van der Waals surface area contributed by atoms with Crippen LogP contribution in [0.25, 0.3) is 11.0 Å². The number of anilines is 1. The largest absolute Gasteiger partial charge is 0.355 e. The summed E-state index contributed by atoms with van der Waals surface area (Å²) in [6.45, 7) is 0.637. The lowest BCUT2D eigenvalue weighted by Crippen LogP contribution is -2.23. The third kappa shape index (κ3) is 3.84. The van der Waals surface area contributed by atoms with Crippen LogP contribution in [0.3, 0.4) is 0 Å². The molecule has 2 N–H and O–H groups in total. The number of Topliss-reactive ketones (excluding diaryl/α,β-unsaturated/α-hetero) is 1. The van der Waals surface area contributed by atoms with E-state index in [9.17, 15) is 9.59 Å². The second-order valence-electron chi connectivity index (χ2n) is 7.86. The summed E-state index contributed by atoms with van der Waals surface area (Å²) in [5.74, 6) is 0.464. The van der Waals surface area contributed by atoms with Gasteiger partial charge in [0.05, 0.1) is 5.39 Å². The lowest BCUT2D eigenvalue weighted by Gasteiger charge is -2.24. The van der Waals surface area contributed by atoms with Crippen molar-refractivity contribution >= 4 is 22.8 Å². The Labute approximate surface area is 179 Å². The minimum absolute atomic E-state index is 0.0222. The van der Waals surface area contributed by atoms with Crippen molar-refractivity contribution in [2.75, 3.05) is 11.9 Å². The molecule has 1 atom stereocenters. The lowest BCUT2D eigenvalue weighted by molar-refractivity contribution is 0.0964. The molecule has 2 aromatic heterocycles. The average molecular weight is 410 g/mol. The molecule has 0 saturated heterocycles. The topological polar surface area (TPSA) is 87.7 Å². The zero-order valence-corrected chi connectivity index (χ0v) is 17.0. The molecule has 0 amide bonds.